The van der Waals surface area contributed by atoms with Gasteiger partial charge in [-0.05, 0) is 11.1 Å². The summed E-state index contributed by atoms with van der Waals surface area (Å²) in [6.45, 7) is 0. The summed E-state index contributed by atoms with van der Waals surface area (Å²) >= 11 is 0. The number of hydrogen-bond donors (Lipinski definition) is 0. The molecule has 0 spiro atoms. The minimum atomic E-state index is -0.588. The fourth-order valence-corrected chi connectivity index (χ4v) is 2.31. The number of ether oxygens (including phenoxy) is 2. The van der Waals surface area contributed by atoms with Crippen molar-refractivity contribution in [2.45, 2.75) is 18.6 Å². The Kier molecular flexibility index (Phi) is 3.19. The number of carbonyl (C=O) groups excluding carboxylic acids is 1. The maximum atomic E-state index is 11.4. The standard InChI is InChI=1S/C16H14O3/c17-16-18-14(11-12-7-3-1-4-8-12)15(19-16)13-9-5-2-6-10-13/h1-10,14-15H,11H2/t14-,15-/m0/s1. The minimum absolute atomic E-state index is 0.266. The molecule has 1 aliphatic heterocycles. The lowest BCUT2D eigenvalue weighted by Gasteiger charge is -2.15. The molecule has 19 heavy (non-hydrogen) atoms. The van der Waals surface area contributed by atoms with Gasteiger partial charge in [0.1, 0.15) is 0 Å². The Morgan fingerprint density at radius 3 is 2.16 bits per heavy atom. The van der Waals surface area contributed by atoms with E-state index in [4.69, 9.17) is 9.47 Å². The van der Waals surface area contributed by atoms with E-state index in [0.29, 0.717) is 6.42 Å². The maximum Gasteiger partial charge on any atom is 0.509 e. The summed E-state index contributed by atoms with van der Waals surface area (Å²) in [4.78, 5) is 11.4. The molecule has 0 aromatic heterocycles. The van der Waals surface area contributed by atoms with Gasteiger partial charge in [0.05, 0.1) is 0 Å². The summed E-state index contributed by atoms with van der Waals surface area (Å²) in [5.74, 6) is 0. The second kappa shape index (κ2) is 5.14. The highest BCUT2D eigenvalue weighted by molar-refractivity contribution is 5.63. The van der Waals surface area contributed by atoms with Gasteiger partial charge in [0.15, 0.2) is 12.2 Å². The highest BCUT2D eigenvalue weighted by Gasteiger charge is 2.37. The van der Waals surface area contributed by atoms with E-state index in [1.165, 1.54) is 0 Å². The van der Waals surface area contributed by atoms with E-state index in [1.807, 2.05) is 60.7 Å². The van der Waals surface area contributed by atoms with Crippen LogP contribution in [-0.4, -0.2) is 12.3 Å². The zero-order valence-electron chi connectivity index (χ0n) is 10.4. The fourth-order valence-electron chi connectivity index (χ4n) is 2.31. The van der Waals surface area contributed by atoms with Crippen LogP contribution in [-0.2, 0) is 15.9 Å². The molecule has 0 saturated carbocycles. The lowest BCUT2D eigenvalue weighted by molar-refractivity contribution is 0.116. The molecule has 3 heteroatoms. The van der Waals surface area contributed by atoms with Gasteiger partial charge in [-0.15, -0.1) is 0 Å². The first kappa shape index (κ1) is 11.8. The summed E-state index contributed by atoms with van der Waals surface area (Å²) in [6.07, 6.45) is -0.521. The number of rotatable bonds is 3. The SMILES string of the molecule is O=C1O[C@@H](Cc2ccccc2)[C@H](c2ccccc2)O1. The van der Waals surface area contributed by atoms with Gasteiger partial charge in [-0.25, -0.2) is 4.79 Å². The topological polar surface area (TPSA) is 35.5 Å². The van der Waals surface area contributed by atoms with Crippen molar-refractivity contribution in [3.8, 4) is 0 Å². The van der Waals surface area contributed by atoms with Crippen LogP contribution in [0.3, 0.4) is 0 Å². The lowest BCUT2D eigenvalue weighted by Crippen LogP contribution is -2.18. The van der Waals surface area contributed by atoms with Gasteiger partial charge in [0, 0.05) is 6.42 Å². The molecule has 0 amide bonds. The average Bonchev–Trinajstić information content (AvgIpc) is 2.82. The first-order valence-corrected chi connectivity index (χ1v) is 6.29. The largest absolute Gasteiger partial charge is 0.509 e. The third kappa shape index (κ3) is 2.60. The molecule has 1 fully saturated rings. The molecular weight excluding hydrogens is 240 g/mol. The Morgan fingerprint density at radius 1 is 0.842 bits per heavy atom. The molecule has 2 aromatic rings. The molecular formula is C16H14O3. The molecule has 3 nitrogen and oxygen atoms in total. The quantitative estimate of drug-likeness (QED) is 0.786. The van der Waals surface area contributed by atoms with Crippen LogP contribution in [0.25, 0.3) is 0 Å². The molecule has 2 aromatic carbocycles. The summed E-state index contributed by atoms with van der Waals surface area (Å²) in [6, 6.07) is 19.7. The van der Waals surface area contributed by atoms with Gasteiger partial charge in [-0.2, -0.15) is 0 Å². The Hall–Kier alpha value is -2.29. The third-order valence-corrected chi connectivity index (χ3v) is 3.22. The van der Waals surface area contributed by atoms with Gasteiger partial charge >= 0.3 is 6.16 Å². The van der Waals surface area contributed by atoms with Crippen molar-refractivity contribution in [2.75, 3.05) is 0 Å². The molecule has 0 unspecified atom stereocenters. The van der Waals surface area contributed by atoms with E-state index in [9.17, 15) is 4.79 Å². The summed E-state index contributed by atoms with van der Waals surface area (Å²) < 4.78 is 10.5. The second-order valence-electron chi connectivity index (χ2n) is 4.55. The molecule has 96 valence electrons. The highest BCUT2D eigenvalue weighted by atomic mass is 16.8. The van der Waals surface area contributed by atoms with E-state index in [1.54, 1.807) is 0 Å². The molecule has 0 aliphatic carbocycles. The van der Waals surface area contributed by atoms with Crippen molar-refractivity contribution in [3.05, 3.63) is 71.8 Å². The van der Waals surface area contributed by atoms with Crippen LogP contribution in [0.4, 0.5) is 4.79 Å². The van der Waals surface area contributed by atoms with Crippen molar-refractivity contribution >= 4 is 6.16 Å². The number of hydrogen-bond acceptors (Lipinski definition) is 3. The monoisotopic (exact) mass is 254 g/mol. The Balaban J connectivity index is 1.81. The molecule has 2 atom stereocenters. The van der Waals surface area contributed by atoms with Gasteiger partial charge in [0.25, 0.3) is 0 Å². The van der Waals surface area contributed by atoms with Crippen LogP contribution in [0.15, 0.2) is 60.7 Å². The first-order valence-electron chi connectivity index (χ1n) is 6.29. The average molecular weight is 254 g/mol. The maximum absolute atomic E-state index is 11.4. The normalized spacial score (nSPS) is 21.8. The first-order chi connectivity index (χ1) is 9.33. The molecule has 3 rings (SSSR count). The zero-order chi connectivity index (χ0) is 13.1. The van der Waals surface area contributed by atoms with Crippen molar-refractivity contribution in [2.24, 2.45) is 0 Å². The fraction of sp³-hybridized carbons (Fsp3) is 0.188. The third-order valence-electron chi connectivity index (χ3n) is 3.22. The number of carbonyl (C=O) groups is 1. The Morgan fingerprint density at radius 2 is 1.47 bits per heavy atom. The predicted octanol–water partition coefficient (Wildman–Crippen LogP) is 3.51. The minimum Gasteiger partial charge on any atom is -0.426 e. The van der Waals surface area contributed by atoms with Crippen LogP contribution in [0.2, 0.25) is 0 Å². The number of benzene rings is 2. The number of cyclic esters (lactones) is 2. The van der Waals surface area contributed by atoms with Gasteiger partial charge in [-0.3, -0.25) is 0 Å². The predicted molar refractivity (Wildman–Crippen MR) is 70.7 cm³/mol. The highest BCUT2D eigenvalue weighted by Crippen LogP contribution is 2.32. The summed E-state index contributed by atoms with van der Waals surface area (Å²) in [5, 5.41) is 0. The second-order valence-corrected chi connectivity index (χ2v) is 4.55. The van der Waals surface area contributed by atoms with Crippen LogP contribution >= 0.6 is 0 Å². The smallest absolute Gasteiger partial charge is 0.426 e. The van der Waals surface area contributed by atoms with Crippen LogP contribution in [0, 0.1) is 0 Å². The Bertz CT molecular complexity index is 551. The molecule has 1 saturated heterocycles. The van der Waals surface area contributed by atoms with E-state index < -0.39 is 6.16 Å². The van der Waals surface area contributed by atoms with Crippen molar-refractivity contribution in [1.29, 1.82) is 0 Å². The molecule has 1 aliphatic rings. The van der Waals surface area contributed by atoms with Crippen molar-refractivity contribution in [3.63, 3.8) is 0 Å². The molecule has 1 heterocycles. The van der Waals surface area contributed by atoms with E-state index in [2.05, 4.69) is 0 Å². The zero-order valence-corrected chi connectivity index (χ0v) is 10.4. The van der Waals surface area contributed by atoms with Crippen LogP contribution < -0.4 is 0 Å². The van der Waals surface area contributed by atoms with Crippen molar-refractivity contribution < 1.29 is 14.3 Å². The van der Waals surface area contributed by atoms with Gasteiger partial charge in [-0.1, -0.05) is 60.7 Å². The summed E-state index contributed by atoms with van der Waals surface area (Å²) in [5.41, 5.74) is 2.10. The van der Waals surface area contributed by atoms with Crippen LogP contribution in [0.1, 0.15) is 17.2 Å². The van der Waals surface area contributed by atoms with Gasteiger partial charge in [0.2, 0.25) is 0 Å². The summed E-state index contributed by atoms with van der Waals surface area (Å²) in [7, 11) is 0. The Labute approximate surface area is 111 Å². The lowest BCUT2D eigenvalue weighted by atomic mass is 9.99. The molecule has 0 N–H and O–H groups in total. The van der Waals surface area contributed by atoms with Gasteiger partial charge < -0.3 is 9.47 Å². The van der Waals surface area contributed by atoms with Crippen molar-refractivity contribution in [1.82, 2.24) is 0 Å². The van der Waals surface area contributed by atoms with Crippen LogP contribution in [0.5, 0.6) is 0 Å². The molecule has 0 radical (unpaired) electrons. The van der Waals surface area contributed by atoms with E-state index >= 15 is 0 Å². The van der Waals surface area contributed by atoms with E-state index in [-0.39, 0.29) is 12.2 Å². The molecule has 0 bridgehead atoms. The van der Waals surface area contributed by atoms with E-state index in [0.717, 1.165) is 11.1 Å².